The van der Waals surface area contributed by atoms with Gasteiger partial charge in [-0.2, -0.15) is 0 Å². The third kappa shape index (κ3) is 4.00. The van der Waals surface area contributed by atoms with Gasteiger partial charge < -0.3 is 10.2 Å². The van der Waals surface area contributed by atoms with Crippen LogP contribution in [0.2, 0.25) is 0 Å². The molecule has 0 aliphatic carbocycles. The molecule has 1 saturated heterocycles. The number of benzene rings is 1. The second-order valence-corrected chi connectivity index (χ2v) is 8.17. The normalized spacial score (nSPS) is 19.3. The summed E-state index contributed by atoms with van der Waals surface area (Å²) in [6.45, 7) is 5.19. The Balaban J connectivity index is 2.18. The third-order valence-corrected chi connectivity index (χ3v) is 5.04. The maximum absolute atomic E-state index is 11.9. The summed E-state index contributed by atoms with van der Waals surface area (Å²) in [6, 6.07) is 7.13. The van der Waals surface area contributed by atoms with Gasteiger partial charge in [0.25, 0.3) is 0 Å². The fraction of sp³-hybridized carbons (Fsp3) is 0.562. The molecule has 1 aliphatic heterocycles. The average Bonchev–Trinajstić information content (AvgIpc) is 2.46. The van der Waals surface area contributed by atoms with E-state index in [1.54, 1.807) is 12.1 Å². The number of amides is 1. The van der Waals surface area contributed by atoms with Crippen molar-refractivity contribution in [3.05, 3.63) is 24.3 Å². The number of carbonyl (C=O) groups is 1. The molecular formula is C16H24N2O3S. The lowest BCUT2D eigenvalue weighted by atomic mass is 10.0. The van der Waals surface area contributed by atoms with E-state index in [1.807, 2.05) is 26.0 Å². The van der Waals surface area contributed by atoms with Crippen molar-refractivity contribution in [2.24, 2.45) is 5.92 Å². The predicted octanol–water partition coefficient (Wildman–Crippen LogP) is 1.83. The number of sulfone groups is 1. The van der Waals surface area contributed by atoms with Crippen LogP contribution in [0.15, 0.2) is 29.2 Å². The quantitative estimate of drug-likeness (QED) is 0.917. The topological polar surface area (TPSA) is 66.5 Å². The van der Waals surface area contributed by atoms with Gasteiger partial charge in [0.1, 0.15) is 0 Å². The molecule has 22 heavy (non-hydrogen) atoms. The van der Waals surface area contributed by atoms with Crippen molar-refractivity contribution in [2.75, 3.05) is 24.2 Å². The summed E-state index contributed by atoms with van der Waals surface area (Å²) in [7, 11) is -3.27. The molecule has 1 aliphatic rings. The van der Waals surface area contributed by atoms with Crippen molar-refractivity contribution in [1.82, 2.24) is 5.32 Å². The van der Waals surface area contributed by atoms with Crippen molar-refractivity contribution in [3.8, 4) is 0 Å². The van der Waals surface area contributed by atoms with E-state index in [0.29, 0.717) is 11.4 Å². The van der Waals surface area contributed by atoms with E-state index in [0.717, 1.165) is 25.1 Å². The molecule has 1 atom stereocenters. The van der Waals surface area contributed by atoms with Gasteiger partial charge in [0.15, 0.2) is 9.84 Å². The molecule has 0 spiro atoms. The molecule has 2 rings (SSSR count). The van der Waals surface area contributed by atoms with Crippen LogP contribution in [0.1, 0.15) is 26.7 Å². The van der Waals surface area contributed by atoms with Crippen LogP contribution >= 0.6 is 0 Å². The smallest absolute Gasteiger partial charge is 0.222 e. The Morgan fingerprint density at radius 3 is 2.64 bits per heavy atom. The molecule has 1 aromatic carbocycles. The number of piperidine rings is 1. The summed E-state index contributed by atoms with van der Waals surface area (Å²) in [5.41, 5.74) is 0.730. The number of hydrogen-bond donors (Lipinski definition) is 1. The van der Waals surface area contributed by atoms with Gasteiger partial charge in [0.05, 0.1) is 10.6 Å². The van der Waals surface area contributed by atoms with E-state index < -0.39 is 9.84 Å². The molecule has 0 unspecified atom stereocenters. The summed E-state index contributed by atoms with van der Waals surface area (Å²) in [4.78, 5) is 14.3. The number of para-hydroxylation sites is 1. The monoisotopic (exact) mass is 324 g/mol. The Kier molecular flexibility index (Phi) is 5.11. The number of carbonyl (C=O) groups excluding carboxylic acids is 1. The van der Waals surface area contributed by atoms with Crippen molar-refractivity contribution in [2.45, 2.75) is 37.6 Å². The zero-order valence-electron chi connectivity index (χ0n) is 13.4. The molecule has 0 aromatic heterocycles. The molecule has 0 saturated carbocycles. The van der Waals surface area contributed by atoms with Gasteiger partial charge in [-0.3, -0.25) is 4.79 Å². The van der Waals surface area contributed by atoms with Crippen LogP contribution in [0.4, 0.5) is 5.69 Å². The summed E-state index contributed by atoms with van der Waals surface area (Å²) < 4.78 is 23.9. The van der Waals surface area contributed by atoms with E-state index >= 15 is 0 Å². The minimum absolute atomic E-state index is 0.0429. The highest BCUT2D eigenvalue weighted by Gasteiger charge is 2.25. The third-order valence-electron chi connectivity index (χ3n) is 3.90. The summed E-state index contributed by atoms with van der Waals surface area (Å²) in [6.07, 6.45) is 3.09. The molecule has 6 heteroatoms. The van der Waals surface area contributed by atoms with Crippen LogP contribution in [0.3, 0.4) is 0 Å². The van der Waals surface area contributed by atoms with Crippen LogP contribution in [0.25, 0.3) is 0 Å². The van der Waals surface area contributed by atoms with Gasteiger partial charge >= 0.3 is 0 Å². The highest BCUT2D eigenvalue weighted by molar-refractivity contribution is 7.90. The summed E-state index contributed by atoms with van der Waals surface area (Å²) >= 11 is 0. The van der Waals surface area contributed by atoms with Gasteiger partial charge in [0.2, 0.25) is 5.91 Å². The fourth-order valence-corrected chi connectivity index (χ4v) is 3.62. The van der Waals surface area contributed by atoms with Gasteiger partial charge in [-0.15, -0.1) is 0 Å². The zero-order chi connectivity index (χ0) is 16.3. The number of rotatable bonds is 4. The number of hydrogen-bond acceptors (Lipinski definition) is 4. The van der Waals surface area contributed by atoms with E-state index in [2.05, 4.69) is 10.2 Å². The van der Waals surface area contributed by atoms with Gasteiger partial charge in [-0.1, -0.05) is 26.0 Å². The maximum atomic E-state index is 11.9. The molecule has 1 N–H and O–H groups in total. The first-order chi connectivity index (χ1) is 10.3. The van der Waals surface area contributed by atoms with Crippen LogP contribution in [-0.4, -0.2) is 39.7 Å². The molecule has 1 amide bonds. The van der Waals surface area contributed by atoms with Crippen LogP contribution in [-0.2, 0) is 14.6 Å². The fourth-order valence-electron chi connectivity index (χ4n) is 2.71. The minimum atomic E-state index is -3.27. The van der Waals surface area contributed by atoms with Crippen LogP contribution in [0, 0.1) is 5.92 Å². The average molecular weight is 324 g/mol. The molecular weight excluding hydrogens is 300 g/mol. The first kappa shape index (κ1) is 16.8. The lowest BCUT2D eigenvalue weighted by Gasteiger charge is -2.35. The molecule has 122 valence electrons. The first-order valence-electron chi connectivity index (χ1n) is 7.63. The second kappa shape index (κ2) is 6.69. The molecule has 5 nitrogen and oxygen atoms in total. The molecule has 1 fully saturated rings. The lowest BCUT2D eigenvalue weighted by Crippen LogP contribution is -2.49. The molecule has 1 heterocycles. The van der Waals surface area contributed by atoms with Gasteiger partial charge in [0, 0.05) is 31.3 Å². The lowest BCUT2D eigenvalue weighted by molar-refractivity contribution is -0.124. The van der Waals surface area contributed by atoms with E-state index in [1.165, 1.54) is 6.26 Å². The van der Waals surface area contributed by atoms with Crippen LogP contribution in [0.5, 0.6) is 0 Å². The van der Waals surface area contributed by atoms with E-state index in [4.69, 9.17) is 0 Å². The summed E-state index contributed by atoms with van der Waals surface area (Å²) in [5.74, 6) is 0.00179. The number of nitrogens with one attached hydrogen (secondary N) is 1. The minimum Gasteiger partial charge on any atom is -0.368 e. The molecule has 0 bridgehead atoms. The Morgan fingerprint density at radius 2 is 2.00 bits per heavy atom. The molecule has 0 radical (unpaired) electrons. The Bertz CT molecular complexity index is 641. The van der Waals surface area contributed by atoms with Crippen molar-refractivity contribution < 1.29 is 13.2 Å². The Labute approximate surface area is 132 Å². The first-order valence-corrected chi connectivity index (χ1v) is 9.52. The van der Waals surface area contributed by atoms with Gasteiger partial charge in [-0.25, -0.2) is 8.42 Å². The SMILES string of the molecule is CC(C)C(=O)N[C@@H]1CCCN(c2ccccc2S(C)(=O)=O)C1. The highest BCUT2D eigenvalue weighted by Crippen LogP contribution is 2.27. The van der Waals surface area contributed by atoms with E-state index in [9.17, 15) is 13.2 Å². The standard InChI is InChI=1S/C16H24N2O3S/c1-12(2)16(19)17-13-7-6-10-18(11-13)14-8-4-5-9-15(14)22(3,20)21/h4-5,8-9,12-13H,6-7,10-11H2,1-3H3,(H,17,19)/t13-/m1/s1. The van der Waals surface area contributed by atoms with Crippen molar-refractivity contribution >= 4 is 21.4 Å². The predicted molar refractivity (Wildman–Crippen MR) is 87.8 cm³/mol. The number of anilines is 1. The van der Waals surface area contributed by atoms with Crippen molar-refractivity contribution in [3.63, 3.8) is 0 Å². The maximum Gasteiger partial charge on any atom is 0.222 e. The number of nitrogens with zero attached hydrogens (tertiary/aromatic N) is 1. The summed E-state index contributed by atoms with van der Waals surface area (Å²) in [5, 5.41) is 3.05. The molecule has 1 aromatic rings. The van der Waals surface area contributed by atoms with E-state index in [-0.39, 0.29) is 17.9 Å². The highest BCUT2D eigenvalue weighted by atomic mass is 32.2. The second-order valence-electron chi connectivity index (χ2n) is 6.19. The van der Waals surface area contributed by atoms with Crippen LogP contribution < -0.4 is 10.2 Å². The zero-order valence-corrected chi connectivity index (χ0v) is 14.2. The van der Waals surface area contributed by atoms with Gasteiger partial charge in [-0.05, 0) is 25.0 Å². The Morgan fingerprint density at radius 1 is 1.32 bits per heavy atom. The van der Waals surface area contributed by atoms with Crippen molar-refractivity contribution in [1.29, 1.82) is 0 Å². The Hall–Kier alpha value is -1.56. The largest absolute Gasteiger partial charge is 0.368 e.